The number of thiophene rings is 1. The van der Waals surface area contributed by atoms with Gasteiger partial charge in [0, 0.05) is 16.6 Å². The Morgan fingerprint density at radius 2 is 2.04 bits per heavy atom. The highest BCUT2D eigenvalue weighted by Gasteiger charge is 2.16. The third kappa shape index (κ3) is 4.33. The molecule has 1 aromatic heterocycles. The summed E-state index contributed by atoms with van der Waals surface area (Å²) >= 11 is 1.30. The molecule has 0 aliphatic heterocycles. The minimum atomic E-state index is -0.991. The van der Waals surface area contributed by atoms with E-state index in [2.05, 4.69) is 10.6 Å². The Kier molecular flexibility index (Phi) is 5.02. The number of nitrogens with zero attached hydrogens (tertiary/aromatic N) is 1. The van der Waals surface area contributed by atoms with E-state index in [-0.39, 0.29) is 18.1 Å². The highest BCUT2D eigenvalue weighted by atomic mass is 32.1. The van der Waals surface area contributed by atoms with Crippen molar-refractivity contribution in [2.24, 2.45) is 0 Å². The number of nitrogens with one attached hydrogen (secondary N) is 2. The second-order valence-electron chi connectivity index (χ2n) is 4.56. The van der Waals surface area contributed by atoms with E-state index in [4.69, 9.17) is 0 Å². The molecule has 2 aromatic rings. The maximum absolute atomic E-state index is 13.2. The summed E-state index contributed by atoms with van der Waals surface area (Å²) in [7, 11) is 0. The van der Waals surface area contributed by atoms with Crippen molar-refractivity contribution in [3.05, 3.63) is 56.0 Å². The quantitative estimate of drug-likeness (QED) is 0.646. The van der Waals surface area contributed by atoms with Crippen LogP contribution in [0.5, 0.6) is 0 Å². The fourth-order valence-electron chi connectivity index (χ4n) is 1.74. The molecular formula is C14H12FN3O4S. The van der Waals surface area contributed by atoms with Gasteiger partial charge in [-0.05, 0) is 31.2 Å². The van der Waals surface area contributed by atoms with Crippen molar-refractivity contribution >= 4 is 34.5 Å². The number of carbonyl (C=O) groups excluding carboxylic acids is 2. The molecule has 1 aromatic carbocycles. The molecule has 0 bridgehead atoms. The Bertz CT molecular complexity index is 775. The fraction of sp³-hybridized carbons (Fsp3) is 0.143. The van der Waals surface area contributed by atoms with Gasteiger partial charge in [0.15, 0.2) is 0 Å². The zero-order chi connectivity index (χ0) is 17.0. The van der Waals surface area contributed by atoms with Gasteiger partial charge in [0.25, 0.3) is 5.91 Å². The van der Waals surface area contributed by atoms with Crippen LogP contribution in [0, 0.1) is 22.9 Å². The molecule has 0 atom stereocenters. The Balaban J connectivity index is 1.93. The van der Waals surface area contributed by atoms with Crippen LogP contribution in [-0.4, -0.2) is 23.3 Å². The van der Waals surface area contributed by atoms with Crippen LogP contribution in [0.4, 0.5) is 15.8 Å². The van der Waals surface area contributed by atoms with Crippen molar-refractivity contribution in [3.63, 3.8) is 0 Å². The van der Waals surface area contributed by atoms with Gasteiger partial charge in [0.2, 0.25) is 11.7 Å². The average molecular weight is 337 g/mol. The Morgan fingerprint density at radius 3 is 2.65 bits per heavy atom. The number of carbonyl (C=O) groups is 2. The molecule has 0 spiro atoms. The standard InChI is InChI=1S/C14H12FN3O4S/c1-8-2-5-12(23-8)14(20)16-7-13(19)17-9-3-4-10(15)11(6-9)18(21)22/h2-6H,7H2,1H3,(H,16,20)(H,17,19). The lowest BCUT2D eigenvalue weighted by Crippen LogP contribution is -2.32. The van der Waals surface area contributed by atoms with Crippen LogP contribution in [0.3, 0.4) is 0 Å². The largest absolute Gasteiger partial charge is 0.342 e. The van der Waals surface area contributed by atoms with Crippen LogP contribution in [0.15, 0.2) is 30.3 Å². The number of amides is 2. The number of nitro groups is 1. The number of anilines is 1. The number of hydrogen-bond acceptors (Lipinski definition) is 5. The molecule has 120 valence electrons. The zero-order valence-electron chi connectivity index (χ0n) is 12.0. The van der Waals surface area contributed by atoms with E-state index in [9.17, 15) is 24.1 Å². The van der Waals surface area contributed by atoms with Gasteiger partial charge in [-0.3, -0.25) is 19.7 Å². The normalized spacial score (nSPS) is 10.2. The maximum atomic E-state index is 13.2. The Labute approximate surface area is 134 Å². The van der Waals surface area contributed by atoms with Gasteiger partial charge in [0.1, 0.15) is 0 Å². The summed E-state index contributed by atoms with van der Waals surface area (Å²) in [5.74, 6) is -1.95. The summed E-state index contributed by atoms with van der Waals surface area (Å²) in [5, 5.41) is 15.4. The molecule has 23 heavy (non-hydrogen) atoms. The van der Waals surface area contributed by atoms with Crippen molar-refractivity contribution in [1.82, 2.24) is 5.32 Å². The Morgan fingerprint density at radius 1 is 1.30 bits per heavy atom. The molecule has 0 unspecified atom stereocenters. The summed E-state index contributed by atoms with van der Waals surface area (Å²) in [4.78, 5) is 34.7. The fourth-order valence-corrected chi connectivity index (χ4v) is 2.52. The molecule has 0 radical (unpaired) electrons. The molecule has 2 N–H and O–H groups in total. The van der Waals surface area contributed by atoms with Gasteiger partial charge >= 0.3 is 5.69 Å². The lowest BCUT2D eigenvalue weighted by atomic mass is 10.2. The van der Waals surface area contributed by atoms with Gasteiger partial charge in [-0.25, -0.2) is 0 Å². The monoisotopic (exact) mass is 337 g/mol. The number of rotatable bonds is 5. The minimum Gasteiger partial charge on any atom is -0.342 e. The average Bonchev–Trinajstić information content (AvgIpc) is 2.93. The van der Waals surface area contributed by atoms with Crippen molar-refractivity contribution in [3.8, 4) is 0 Å². The minimum absolute atomic E-state index is 0.0734. The molecule has 1 heterocycles. The van der Waals surface area contributed by atoms with E-state index >= 15 is 0 Å². The van der Waals surface area contributed by atoms with Gasteiger partial charge in [0.05, 0.1) is 16.3 Å². The van der Waals surface area contributed by atoms with Crippen LogP contribution < -0.4 is 10.6 Å². The summed E-state index contributed by atoms with van der Waals surface area (Å²) in [6.45, 7) is 1.55. The van der Waals surface area contributed by atoms with E-state index < -0.39 is 22.3 Å². The number of hydrogen-bond donors (Lipinski definition) is 2. The first-order valence-electron chi connectivity index (χ1n) is 6.45. The molecule has 2 rings (SSSR count). The molecule has 2 amide bonds. The van der Waals surface area contributed by atoms with Crippen molar-refractivity contribution < 1.29 is 18.9 Å². The van der Waals surface area contributed by atoms with E-state index in [1.54, 1.807) is 12.1 Å². The SMILES string of the molecule is Cc1ccc(C(=O)NCC(=O)Nc2ccc(F)c([N+](=O)[O-])c2)s1. The molecule has 7 nitrogen and oxygen atoms in total. The first-order chi connectivity index (χ1) is 10.9. The highest BCUT2D eigenvalue weighted by Crippen LogP contribution is 2.21. The summed E-state index contributed by atoms with van der Waals surface area (Å²) in [6.07, 6.45) is 0. The maximum Gasteiger partial charge on any atom is 0.306 e. The first-order valence-corrected chi connectivity index (χ1v) is 7.27. The van der Waals surface area contributed by atoms with E-state index in [0.29, 0.717) is 4.88 Å². The number of nitro benzene ring substituents is 1. The predicted octanol–water partition coefficient (Wildman–Crippen LogP) is 2.47. The molecule has 0 aliphatic rings. The first kappa shape index (κ1) is 16.6. The lowest BCUT2D eigenvalue weighted by molar-refractivity contribution is -0.387. The molecular weight excluding hydrogens is 325 g/mol. The molecule has 0 fully saturated rings. The number of halogens is 1. The molecule has 0 aliphatic carbocycles. The van der Waals surface area contributed by atoms with Gasteiger partial charge in [-0.2, -0.15) is 4.39 Å². The van der Waals surface area contributed by atoms with E-state index in [0.717, 1.165) is 17.0 Å². The number of aryl methyl sites for hydroxylation is 1. The summed E-state index contributed by atoms with van der Waals surface area (Å²) in [6, 6.07) is 6.44. The topological polar surface area (TPSA) is 101 Å². The van der Waals surface area contributed by atoms with Gasteiger partial charge < -0.3 is 10.6 Å². The van der Waals surface area contributed by atoms with Crippen molar-refractivity contribution in [1.29, 1.82) is 0 Å². The molecule has 0 saturated heterocycles. The van der Waals surface area contributed by atoms with Gasteiger partial charge in [-0.1, -0.05) is 0 Å². The Hall–Kier alpha value is -2.81. The lowest BCUT2D eigenvalue weighted by Gasteiger charge is -2.06. The molecule has 9 heteroatoms. The second-order valence-corrected chi connectivity index (χ2v) is 5.85. The van der Waals surface area contributed by atoms with Crippen LogP contribution >= 0.6 is 11.3 Å². The predicted molar refractivity (Wildman–Crippen MR) is 83.1 cm³/mol. The molecule has 0 saturated carbocycles. The van der Waals surface area contributed by atoms with Crippen LogP contribution in [-0.2, 0) is 4.79 Å². The van der Waals surface area contributed by atoms with Crippen LogP contribution in [0.25, 0.3) is 0 Å². The third-order valence-electron chi connectivity index (χ3n) is 2.80. The van der Waals surface area contributed by atoms with Crippen LogP contribution in [0.2, 0.25) is 0 Å². The number of benzene rings is 1. The smallest absolute Gasteiger partial charge is 0.306 e. The van der Waals surface area contributed by atoms with E-state index in [1.165, 1.54) is 17.4 Å². The third-order valence-corrected chi connectivity index (χ3v) is 3.80. The summed E-state index contributed by atoms with van der Waals surface area (Å²) in [5.41, 5.74) is -0.662. The van der Waals surface area contributed by atoms with Gasteiger partial charge in [-0.15, -0.1) is 11.3 Å². The van der Waals surface area contributed by atoms with Crippen molar-refractivity contribution in [2.75, 3.05) is 11.9 Å². The van der Waals surface area contributed by atoms with Crippen LogP contribution in [0.1, 0.15) is 14.5 Å². The second kappa shape index (κ2) is 6.97. The van der Waals surface area contributed by atoms with E-state index in [1.807, 2.05) is 6.92 Å². The highest BCUT2D eigenvalue weighted by molar-refractivity contribution is 7.13. The zero-order valence-corrected chi connectivity index (χ0v) is 12.8. The summed E-state index contributed by atoms with van der Waals surface area (Å²) < 4.78 is 13.2. The van der Waals surface area contributed by atoms with Crippen molar-refractivity contribution in [2.45, 2.75) is 6.92 Å².